The van der Waals surface area contributed by atoms with Gasteiger partial charge in [-0.1, -0.05) is 37.1 Å². The van der Waals surface area contributed by atoms with Crippen LogP contribution >= 0.6 is 0 Å². The number of hydrogen-bond acceptors (Lipinski definition) is 3. The van der Waals surface area contributed by atoms with Crippen LogP contribution in [0.3, 0.4) is 0 Å². The molecule has 5 nitrogen and oxygen atoms in total. The third kappa shape index (κ3) is 4.40. The van der Waals surface area contributed by atoms with E-state index >= 15 is 0 Å². The molecular formula is C20H29N3O2. The van der Waals surface area contributed by atoms with Crippen LogP contribution in [0.4, 0.5) is 0 Å². The topological polar surface area (TPSA) is 52.7 Å². The zero-order valence-electron chi connectivity index (χ0n) is 15.3. The summed E-state index contributed by atoms with van der Waals surface area (Å²) in [6.07, 6.45) is 4.96. The Morgan fingerprint density at radius 2 is 1.88 bits per heavy atom. The average molecular weight is 343 g/mol. The van der Waals surface area contributed by atoms with Crippen LogP contribution < -0.4 is 5.32 Å². The molecule has 2 aliphatic rings. The van der Waals surface area contributed by atoms with Crippen molar-refractivity contribution in [3.8, 4) is 0 Å². The van der Waals surface area contributed by atoms with Gasteiger partial charge in [-0.2, -0.15) is 0 Å². The van der Waals surface area contributed by atoms with E-state index in [9.17, 15) is 9.59 Å². The fraction of sp³-hybridized carbons (Fsp3) is 0.600. The normalized spacial score (nSPS) is 21.3. The van der Waals surface area contributed by atoms with E-state index in [1.165, 1.54) is 18.4 Å². The van der Waals surface area contributed by atoms with E-state index in [-0.39, 0.29) is 17.7 Å². The predicted octanol–water partition coefficient (Wildman–Crippen LogP) is 2.16. The van der Waals surface area contributed by atoms with Crippen molar-refractivity contribution in [2.24, 2.45) is 5.92 Å². The lowest BCUT2D eigenvalue weighted by Crippen LogP contribution is -2.36. The Balaban J connectivity index is 1.56. The zero-order chi connectivity index (χ0) is 17.8. The highest BCUT2D eigenvalue weighted by Crippen LogP contribution is 2.29. The number of hydrogen-bond donors (Lipinski definition) is 1. The molecule has 0 spiro atoms. The molecule has 1 saturated carbocycles. The number of amides is 2. The van der Waals surface area contributed by atoms with E-state index in [1.807, 2.05) is 31.1 Å². The van der Waals surface area contributed by atoms with Crippen LogP contribution in [-0.4, -0.2) is 48.3 Å². The first kappa shape index (κ1) is 17.9. The van der Waals surface area contributed by atoms with Gasteiger partial charge in [-0.3, -0.25) is 9.59 Å². The third-order valence-electron chi connectivity index (χ3n) is 5.35. The molecule has 1 atom stereocenters. The molecule has 1 heterocycles. The van der Waals surface area contributed by atoms with Gasteiger partial charge < -0.3 is 15.1 Å². The molecule has 2 amide bonds. The van der Waals surface area contributed by atoms with E-state index in [0.717, 1.165) is 24.9 Å². The molecule has 1 aliphatic carbocycles. The Morgan fingerprint density at radius 3 is 2.56 bits per heavy atom. The van der Waals surface area contributed by atoms with Gasteiger partial charge in [-0.05, 0) is 38.1 Å². The minimum Gasteiger partial charge on any atom is -0.352 e. The first-order valence-electron chi connectivity index (χ1n) is 9.33. The summed E-state index contributed by atoms with van der Waals surface area (Å²) in [5, 5.41) is 3.05. The molecule has 1 aliphatic heterocycles. The molecule has 25 heavy (non-hydrogen) atoms. The molecule has 1 N–H and O–H groups in total. The maximum absolute atomic E-state index is 12.6. The maximum atomic E-state index is 12.6. The fourth-order valence-electron chi connectivity index (χ4n) is 4.03. The van der Waals surface area contributed by atoms with Crippen molar-refractivity contribution in [3.05, 3.63) is 35.4 Å². The summed E-state index contributed by atoms with van der Waals surface area (Å²) < 4.78 is 0. The lowest BCUT2D eigenvalue weighted by molar-refractivity contribution is -0.130. The number of likely N-dealkylation sites (tertiary alicyclic amines) is 1. The molecule has 5 heteroatoms. The molecule has 0 radical (unpaired) electrons. The number of rotatable bonds is 6. The summed E-state index contributed by atoms with van der Waals surface area (Å²) in [4.78, 5) is 28.9. The van der Waals surface area contributed by atoms with Crippen molar-refractivity contribution >= 4 is 11.8 Å². The Bertz CT molecular complexity index is 623. The Morgan fingerprint density at radius 1 is 1.20 bits per heavy atom. The molecule has 1 saturated heterocycles. The van der Waals surface area contributed by atoms with Gasteiger partial charge >= 0.3 is 0 Å². The second-order valence-electron chi connectivity index (χ2n) is 7.61. The van der Waals surface area contributed by atoms with Crippen LogP contribution in [0.5, 0.6) is 0 Å². The molecule has 136 valence electrons. The van der Waals surface area contributed by atoms with Crippen LogP contribution in [0.2, 0.25) is 0 Å². The van der Waals surface area contributed by atoms with Gasteiger partial charge in [0.15, 0.2) is 0 Å². The second-order valence-corrected chi connectivity index (χ2v) is 7.61. The molecule has 0 bridgehead atoms. The molecule has 0 unspecified atom stereocenters. The second kappa shape index (κ2) is 8.00. The van der Waals surface area contributed by atoms with Crippen LogP contribution in [0.15, 0.2) is 24.3 Å². The fourth-order valence-corrected chi connectivity index (χ4v) is 4.03. The van der Waals surface area contributed by atoms with Gasteiger partial charge in [-0.25, -0.2) is 0 Å². The van der Waals surface area contributed by atoms with E-state index in [4.69, 9.17) is 0 Å². The Kier molecular flexibility index (Phi) is 5.74. The summed E-state index contributed by atoms with van der Waals surface area (Å²) in [7, 11) is 4.08. The van der Waals surface area contributed by atoms with Crippen molar-refractivity contribution in [2.45, 2.75) is 51.2 Å². The number of carbonyl (C=O) groups excluding carboxylic acids is 2. The summed E-state index contributed by atoms with van der Waals surface area (Å²) in [6.45, 7) is 1.97. The first-order valence-corrected chi connectivity index (χ1v) is 9.33. The predicted molar refractivity (Wildman–Crippen MR) is 97.8 cm³/mol. The van der Waals surface area contributed by atoms with Crippen LogP contribution in [0, 0.1) is 5.92 Å². The average Bonchev–Trinajstić information content (AvgIpc) is 3.22. The first-order chi connectivity index (χ1) is 12.0. The highest BCUT2D eigenvalue weighted by molar-refractivity contribution is 5.89. The summed E-state index contributed by atoms with van der Waals surface area (Å²) in [5.41, 5.74) is 2.37. The van der Waals surface area contributed by atoms with E-state index in [0.29, 0.717) is 25.6 Å². The van der Waals surface area contributed by atoms with Crippen LogP contribution in [0.1, 0.15) is 43.2 Å². The molecule has 2 fully saturated rings. The summed E-state index contributed by atoms with van der Waals surface area (Å²) >= 11 is 0. The van der Waals surface area contributed by atoms with Crippen molar-refractivity contribution in [1.82, 2.24) is 15.1 Å². The van der Waals surface area contributed by atoms with Gasteiger partial charge in [0.25, 0.3) is 0 Å². The zero-order valence-corrected chi connectivity index (χ0v) is 15.3. The van der Waals surface area contributed by atoms with E-state index < -0.39 is 0 Å². The standard InChI is InChI=1S/C20H29N3O2/c1-22(2)13-16-8-4-3-7-15(16)12-21-20(25)17-11-19(24)23(14-17)18-9-5-6-10-18/h3-4,7-8,17-18H,5-6,9-14H2,1-2H3,(H,21,25)/t17-/m0/s1. The number of nitrogens with zero attached hydrogens (tertiary/aromatic N) is 2. The summed E-state index contributed by atoms with van der Waals surface area (Å²) in [5.74, 6) is -0.0392. The van der Waals surface area contributed by atoms with Gasteiger partial charge in [0.1, 0.15) is 0 Å². The molecule has 1 aromatic carbocycles. The van der Waals surface area contributed by atoms with Gasteiger partial charge in [0.2, 0.25) is 11.8 Å². The molecule has 0 aromatic heterocycles. The van der Waals surface area contributed by atoms with E-state index in [2.05, 4.69) is 22.3 Å². The van der Waals surface area contributed by atoms with Crippen LogP contribution in [0.25, 0.3) is 0 Å². The lowest BCUT2D eigenvalue weighted by Gasteiger charge is -2.24. The number of nitrogens with one attached hydrogen (secondary N) is 1. The smallest absolute Gasteiger partial charge is 0.225 e. The number of carbonyl (C=O) groups is 2. The third-order valence-corrected chi connectivity index (χ3v) is 5.35. The Labute approximate surface area is 150 Å². The minimum absolute atomic E-state index is 0.00787. The van der Waals surface area contributed by atoms with Crippen molar-refractivity contribution < 1.29 is 9.59 Å². The SMILES string of the molecule is CN(C)Cc1ccccc1CNC(=O)[C@H]1CC(=O)N(C2CCCC2)C1. The molecule has 3 rings (SSSR count). The highest BCUT2D eigenvalue weighted by Gasteiger charge is 2.38. The van der Waals surface area contributed by atoms with Gasteiger partial charge in [0, 0.05) is 32.1 Å². The lowest BCUT2D eigenvalue weighted by atomic mass is 10.1. The van der Waals surface area contributed by atoms with E-state index in [1.54, 1.807) is 0 Å². The maximum Gasteiger partial charge on any atom is 0.225 e. The van der Waals surface area contributed by atoms with Crippen molar-refractivity contribution in [3.63, 3.8) is 0 Å². The van der Waals surface area contributed by atoms with Crippen molar-refractivity contribution in [1.29, 1.82) is 0 Å². The Hall–Kier alpha value is -1.88. The molecular weight excluding hydrogens is 314 g/mol. The number of benzene rings is 1. The van der Waals surface area contributed by atoms with Crippen LogP contribution in [-0.2, 0) is 22.7 Å². The monoisotopic (exact) mass is 343 g/mol. The molecule has 1 aromatic rings. The van der Waals surface area contributed by atoms with Gasteiger partial charge in [0.05, 0.1) is 5.92 Å². The highest BCUT2D eigenvalue weighted by atomic mass is 16.2. The minimum atomic E-state index is -0.200. The van der Waals surface area contributed by atoms with Crippen molar-refractivity contribution in [2.75, 3.05) is 20.6 Å². The summed E-state index contributed by atoms with van der Waals surface area (Å²) in [6, 6.07) is 8.55. The largest absolute Gasteiger partial charge is 0.352 e. The van der Waals surface area contributed by atoms with Gasteiger partial charge in [-0.15, -0.1) is 0 Å². The quantitative estimate of drug-likeness (QED) is 0.861.